The third kappa shape index (κ3) is 4.96. The molecular formula is C20H21BrN2O4S2. The first-order chi connectivity index (χ1) is 13.9. The molecule has 0 aliphatic heterocycles. The standard InChI is InChI=1S/C20H21BrN2O4S2/c1-3-26-14-9-8-11(10-13(14)21)17(24)22-20(28)23-18-16(19(25)27-4-2)12-6-5-7-15(12)29-18/h8-10H,3-7H2,1-2H3,(H2,22,23,24,28). The summed E-state index contributed by atoms with van der Waals surface area (Å²) < 4.78 is 11.4. The number of benzene rings is 1. The zero-order valence-corrected chi connectivity index (χ0v) is 19.3. The molecule has 154 valence electrons. The van der Waals surface area contributed by atoms with E-state index in [0.717, 1.165) is 24.8 Å². The highest BCUT2D eigenvalue weighted by Gasteiger charge is 2.28. The topological polar surface area (TPSA) is 76.7 Å². The number of carbonyl (C=O) groups excluding carboxylic acids is 2. The lowest BCUT2D eigenvalue weighted by Gasteiger charge is -2.12. The van der Waals surface area contributed by atoms with Gasteiger partial charge in [-0.15, -0.1) is 11.3 Å². The van der Waals surface area contributed by atoms with Gasteiger partial charge in [0, 0.05) is 10.4 Å². The fourth-order valence-corrected chi connectivity index (χ4v) is 5.17. The summed E-state index contributed by atoms with van der Waals surface area (Å²) >= 11 is 10.2. The molecule has 6 nitrogen and oxygen atoms in total. The Morgan fingerprint density at radius 3 is 2.72 bits per heavy atom. The molecule has 0 saturated carbocycles. The Bertz CT molecular complexity index is 958. The second-order valence-corrected chi connectivity index (χ2v) is 8.64. The molecule has 1 aliphatic rings. The quantitative estimate of drug-likeness (QED) is 0.445. The molecule has 3 rings (SSSR count). The number of halogens is 1. The van der Waals surface area contributed by atoms with Crippen LogP contribution in [0.3, 0.4) is 0 Å². The molecule has 1 heterocycles. The third-order valence-electron chi connectivity index (χ3n) is 4.35. The second kappa shape index (κ2) is 9.69. The maximum Gasteiger partial charge on any atom is 0.341 e. The lowest BCUT2D eigenvalue weighted by molar-refractivity contribution is 0.0527. The van der Waals surface area contributed by atoms with Gasteiger partial charge in [0.1, 0.15) is 10.8 Å². The highest BCUT2D eigenvalue weighted by molar-refractivity contribution is 9.10. The molecule has 2 aromatic rings. The number of fused-ring (bicyclic) bond motifs is 1. The smallest absolute Gasteiger partial charge is 0.341 e. The molecule has 0 radical (unpaired) electrons. The van der Waals surface area contributed by atoms with E-state index in [1.165, 1.54) is 16.2 Å². The van der Waals surface area contributed by atoms with Gasteiger partial charge in [0.15, 0.2) is 5.11 Å². The fraction of sp³-hybridized carbons (Fsp3) is 0.350. The molecule has 0 bridgehead atoms. The van der Waals surface area contributed by atoms with Gasteiger partial charge in [-0.25, -0.2) is 4.79 Å². The Morgan fingerprint density at radius 1 is 1.24 bits per heavy atom. The van der Waals surface area contributed by atoms with E-state index in [2.05, 4.69) is 26.6 Å². The number of esters is 1. The average Bonchev–Trinajstić information content (AvgIpc) is 3.24. The highest BCUT2D eigenvalue weighted by atomic mass is 79.9. The van der Waals surface area contributed by atoms with E-state index < -0.39 is 0 Å². The summed E-state index contributed by atoms with van der Waals surface area (Å²) in [6.07, 6.45) is 2.82. The van der Waals surface area contributed by atoms with Gasteiger partial charge in [0.25, 0.3) is 5.91 Å². The molecule has 29 heavy (non-hydrogen) atoms. The van der Waals surface area contributed by atoms with E-state index >= 15 is 0 Å². The molecule has 1 aromatic carbocycles. The Morgan fingerprint density at radius 2 is 2.03 bits per heavy atom. The van der Waals surface area contributed by atoms with Crippen LogP contribution >= 0.6 is 39.5 Å². The van der Waals surface area contributed by atoms with Crippen molar-refractivity contribution >= 4 is 61.5 Å². The molecule has 1 aliphatic carbocycles. The summed E-state index contributed by atoms with van der Waals surface area (Å²) in [7, 11) is 0. The largest absolute Gasteiger partial charge is 0.493 e. The van der Waals surface area contributed by atoms with Crippen LogP contribution in [-0.2, 0) is 17.6 Å². The molecular weight excluding hydrogens is 476 g/mol. The van der Waals surface area contributed by atoms with Crippen molar-refractivity contribution in [3.8, 4) is 5.75 Å². The van der Waals surface area contributed by atoms with E-state index in [1.807, 2.05) is 6.92 Å². The number of thiophene rings is 1. The summed E-state index contributed by atoms with van der Waals surface area (Å²) in [6.45, 7) is 4.50. The van der Waals surface area contributed by atoms with Gasteiger partial charge in [-0.2, -0.15) is 0 Å². The number of anilines is 1. The Balaban J connectivity index is 1.72. The Hall–Kier alpha value is -1.97. The number of hydrogen-bond acceptors (Lipinski definition) is 6. The molecule has 2 N–H and O–H groups in total. The van der Waals surface area contributed by atoms with Crippen LogP contribution in [0.25, 0.3) is 0 Å². The lowest BCUT2D eigenvalue weighted by atomic mass is 10.1. The SMILES string of the molecule is CCOC(=O)c1c(NC(=S)NC(=O)c2ccc(OCC)c(Br)c2)sc2c1CCC2. The Kier molecular flexibility index (Phi) is 7.26. The zero-order chi connectivity index (χ0) is 21.0. The van der Waals surface area contributed by atoms with E-state index in [4.69, 9.17) is 21.7 Å². The third-order valence-corrected chi connectivity index (χ3v) is 6.38. The summed E-state index contributed by atoms with van der Waals surface area (Å²) in [6, 6.07) is 5.06. The number of amides is 1. The van der Waals surface area contributed by atoms with Crippen molar-refractivity contribution < 1.29 is 19.1 Å². The summed E-state index contributed by atoms with van der Waals surface area (Å²) in [5.41, 5.74) is 1.99. The van der Waals surface area contributed by atoms with Gasteiger partial charge in [0.05, 0.1) is 23.2 Å². The van der Waals surface area contributed by atoms with Crippen molar-refractivity contribution in [1.82, 2.24) is 5.32 Å². The van der Waals surface area contributed by atoms with Crippen molar-refractivity contribution in [2.24, 2.45) is 0 Å². The van der Waals surface area contributed by atoms with Gasteiger partial charge in [0.2, 0.25) is 0 Å². The van der Waals surface area contributed by atoms with Crippen molar-refractivity contribution in [1.29, 1.82) is 0 Å². The number of ether oxygens (including phenoxy) is 2. The normalized spacial score (nSPS) is 12.2. The predicted octanol–water partition coefficient (Wildman–Crippen LogP) is 4.70. The van der Waals surface area contributed by atoms with Crippen LogP contribution in [0.4, 0.5) is 5.00 Å². The molecule has 9 heteroatoms. The van der Waals surface area contributed by atoms with E-state index in [9.17, 15) is 9.59 Å². The lowest BCUT2D eigenvalue weighted by Crippen LogP contribution is -2.34. The van der Waals surface area contributed by atoms with Crippen LogP contribution < -0.4 is 15.4 Å². The van der Waals surface area contributed by atoms with E-state index in [-0.39, 0.29) is 17.0 Å². The van der Waals surface area contributed by atoms with Gasteiger partial charge < -0.3 is 14.8 Å². The molecule has 0 atom stereocenters. The number of rotatable bonds is 6. The van der Waals surface area contributed by atoms with Gasteiger partial charge in [-0.3, -0.25) is 10.1 Å². The van der Waals surface area contributed by atoms with Crippen molar-refractivity contribution in [2.75, 3.05) is 18.5 Å². The molecule has 0 spiro atoms. The van der Waals surface area contributed by atoms with Crippen molar-refractivity contribution in [3.05, 3.63) is 44.2 Å². The minimum Gasteiger partial charge on any atom is -0.493 e. The van der Waals surface area contributed by atoms with Gasteiger partial charge >= 0.3 is 5.97 Å². The van der Waals surface area contributed by atoms with E-state index in [0.29, 0.717) is 39.6 Å². The summed E-state index contributed by atoms with van der Waals surface area (Å²) in [5, 5.41) is 6.41. The first kappa shape index (κ1) is 21.7. The molecule has 1 aromatic heterocycles. The maximum absolute atomic E-state index is 12.5. The van der Waals surface area contributed by atoms with Crippen LogP contribution in [0.5, 0.6) is 5.75 Å². The number of thiocarbonyl (C=S) groups is 1. The van der Waals surface area contributed by atoms with Crippen molar-refractivity contribution in [2.45, 2.75) is 33.1 Å². The van der Waals surface area contributed by atoms with Crippen LogP contribution in [0.15, 0.2) is 22.7 Å². The number of nitrogens with one attached hydrogen (secondary N) is 2. The summed E-state index contributed by atoms with van der Waals surface area (Å²) in [4.78, 5) is 26.1. The molecule has 0 saturated heterocycles. The van der Waals surface area contributed by atoms with Crippen LogP contribution in [0.1, 0.15) is 51.4 Å². The minimum atomic E-state index is -0.362. The highest BCUT2D eigenvalue weighted by Crippen LogP contribution is 2.39. The molecule has 0 fully saturated rings. The number of hydrogen-bond donors (Lipinski definition) is 2. The minimum absolute atomic E-state index is 0.130. The molecule has 0 unspecified atom stereocenters. The summed E-state index contributed by atoms with van der Waals surface area (Å²) in [5.74, 6) is -0.0519. The van der Waals surface area contributed by atoms with E-state index in [1.54, 1.807) is 25.1 Å². The average molecular weight is 497 g/mol. The van der Waals surface area contributed by atoms with Gasteiger partial charge in [-0.1, -0.05) is 0 Å². The van der Waals surface area contributed by atoms with Gasteiger partial charge in [-0.05, 0) is 85.0 Å². The van der Waals surface area contributed by atoms with Crippen LogP contribution in [0.2, 0.25) is 0 Å². The number of carbonyl (C=O) groups is 2. The van der Waals surface area contributed by atoms with Crippen LogP contribution in [0, 0.1) is 0 Å². The Labute approximate surface area is 187 Å². The predicted molar refractivity (Wildman–Crippen MR) is 121 cm³/mol. The second-order valence-electron chi connectivity index (χ2n) is 6.27. The monoisotopic (exact) mass is 496 g/mol. The maximum atomic E-state index is 12.5. The molecule has 1 amide bonds. The van der Waals surface area contributed by atoms with Crippen LogP contribution in [-0.4, -0.2) is 30.2 Å². The number of aryl methyl sites for hydroxylation is 1. The van der Waals surface area contributed by atoms with Crippen molar-refractivity contribution in [3.63, 3.8) is 0 Å². The fourth-order valence-electron chi connectivity index (χ4n) is 3.14. The first-order valence-electron chi connectivity index (χ1n) is 9.30. The zero-order valence-electron chi connectivity index (χ0n) is 16.1. The first-order valence-corrected chi connectivity index (χ1v) is 11.3.